The normalized spacial score (nSPS) is 23.2. The fourth-order valence-electron chi connectivity index (χ4n) is 2.94. The van der Waals surface area contributed by atoms with Crippen LogP contribution >= 0.6 is 11.3 Å². The van der Waals surface area contributed by atoms with E-state index in [1.165, 1.54) is 11.3 Å². The number of carbonyl (C=O) groups excluding carboxylic acids is 1. The molecule has 2 N–H and O–H groups in total. The molecule has 0 bridgehead atoms. The number of hydrogen-bond acceptors (Lipinski definition) is 3. The fourth-order valence-corrected chi connectivity index (χ4v) is 4.02. The summed E-state index contributed by atoms with van der Waals surface area (Å²) in [6.07, 6.45) is 1.08. The Balaban J connectivity index is 2.00. The first-order valence-electron chi connectivity index (χ1n) is 6.66. The molecular weight excluding hydrogens is 256 g/mol. The lowest BCUT2D eigenvalue weighted by atomic mass is 10.1. The zero-order valence-electron chi connectivity index (χ0n) is 11.2. The summed E-state index contributed by atoms with van der Waals surface area (Å²) in [6, 6.07) is 8.25. The van der Waals surface area contributed by atoms with E-state index in [1.807, 2.05) is 29.2 Å². The number of fused-ring (bicyclic) bond motifs is 1. The molecule has 1 aromatic carbocycles. The molecule has 2 atom stereocenters. The molecule has 4 heteroatoms. The summed E-state index contributed by atoms with van der Waals surface area (Å²) < 4.78 is 1.09. The van der Waals surface area contributed by atoms with E-state index in [2.05, 4.69) is 13.8 Å². The van der Waals surface area contributed by atoms with Crippen LogP contribution in [0.25, 0.3) is 10.1 Å². The number of nitrogen functional groups attached to an aromatic ring is 1. The first-order chi connectivity index (χ1) is 9.08. The largest absolute Gasteiger partial charge is 0.397 e. The minimum Gasteiger partial charge on any atom is -0.397 e. The average Bonchev–Trinajstić information content (AvgIpc) is 2.90. The molecular formula is C15H18N2OS. The minimum absolute atomic E-state index is 0.0931. The Labute approximate surface area is 117 Å². The summed E-state index contributed by atoms with van der Waals surface area (Å²) in [6.45, 7) is 5.15. The van der Waals surface area contributed by atoms with Gasteiger partial charge in [0.2, 0.25) is 0 Å². The molecule has 1 aliphatic heterocycles. The third-order valence-corrected chi connectivity index (χ3v) is 5.05. The molecule has 3 rings (SSSR count). The van der Waals surface area contributed by atoms with Gasteiger partial charge in [0.15, 0.2) is 0 Å². The van der Waals surface area contributed by atoms with Gasteiger partial charge in [-0.3, -0.25) is 4.79 Å². The first kappa shape index (κ1) is 12.5. The predicted octanol–water partition coefficient (Wildman–Crippen LogP) is 3.35. The van der Waals surface area contributed by atoms with Gasteiger partial charge in [0.25, 0.3) is 5.91 Å². The van der Waals surface area contributed by atoms with Crippen molar-refractivity contribution >= 4 is 33.0 Å². The highest BCUT2D eigenvalue weighted by molar-refractivity contribution is 7.21. The summed E-state index contributed by atoms with van der Waals surface area (Å²) >= 11 is 1.51. The second-order valence-corrected chi connectivity index (χ2v) is 6.54. The predicted molar refractivity (Wildman–Crippen MR) is 80.5 cm³/mol. The lowest BCUT2D eigenvalue weighted by Gasteiger charge is -2.20. The van der Waals surface area contributed by atoms with Gasteiger partial charge in [-0.25, -0.2) is 0 Å². The Morgan fingerprint density at radius 3 is 2.74 bits per heavy atom. The SMILES string of the molecule is CC1CC(C)N(C(=O)c2sc3ccccc3c2N)C1. The lowest BCUT2D eigenvalue weighted by Crippen LogP contribution is -2.33. The maximum absolute atomic E-state index is 12.6. The minimum atomic E-state index is 0.0931. The summed E-state index contributed by atoms with van der Waals surface area (Å²) in [5.41, 5.74) is 6.79. The highest BCUT2D eigenvalue weighted by Crippen LogP contribution is 2.36. The van der Waals surface area contributed by atoms with Crippen LogP contribution in [0.2, 0.25) is 0 Å². The van der Waals surface area contributed by atoms with Crippen molar-refractivity contribution < 1.29 is 4.79 Å². The Morgan fingerprint density at radius 1 is 1.37 bits per heavy atom. The maximum Gasteiger partial charge on any atom is 0.266 e. The van der Waals surface area contributed by atoms with E-state index >= 15 is 0 Å². The van der Waals surface area contributed by atoms with Crippen molar-refractivity contribution in [3.05, 3.63) is 29.1 Å². The monoisotopic (exact) mass is 274 g/mol. The quantitative estimate of drug-likeness (QED) is 0.866. The van der Waals surface area contributed by atoms with Crippen LogP contribution in [0.5, 0.6) is 0 Å². The molecule has 2 heterocycles. The van der Waals surface area contributed by atoms with Crippen LogP contribution in [-0.4, -0.2) is 23.4 Å². The second-order valence-electron chi connectivity index (χ2n) is 5.49. The molecule has 100 valence electrons. The van der Waals surface area contributed by atoms with Crippen LogP contribution in [-0.2, 0) is 0 Å². The number of anilines is 1. The Kier molecular flexibility index (Phi) is 2.97. The number of hydrogen-bond donors (Lipinski definition) is 1. The zero-order chi connectivity index (χ0) is 13.6. The van der Waals surface area contributed by atoms with E-state index in [4.69, 9.17) is 5.73 Å². The van der Waals surface area contributed by atoms with Gasteiger partial charge in [-0.15, -0.1) is 11.3 Å². The van der Waals surface area contributed by atoms with Gasteiger partial charge < -0.3 is 10.6 Å². The molecule has 1 saturated heterocycles. The molecule has 1 aliphatic rings. The maximum atomic E-state index is 12.6. The van der Waals surface area contributed by atoms with Crippen LogP contribution in [0, 0.1) is 5.92 Å². The van der Waals surface area contributed by atoms with Gasteiger partial charge in [0.1, 0.15) is 4.88 Å². The Morgan fingerprint density at radius 2 is 2.11 bits per heavy atom. The first-order valence-corrected chi connectivity index (χ1v) is 7.47. The van der Waals surface area contributed by atoms with Gasteiger partial charge in [-0.1, -0.05) is 25.1 Å². The van der Waals surface area contributed by atoms with Crippen LogP contribution < -0.4 is 5.73 Å². The number of benzene rings is 1. The van der Waals surface area contributed by atoms with Crippen LogP contribution in [0.4, 0.5) is 5.69 Å². The van der Waals surface area contributed by atoms with E-state index in [0.29, 0.717) is 22.5 Å². The summed E-state index contributed by atoms with van der Waals surface area (Å²) in [7, 11) is 0. The molecule has 2 aromatic rings. The average molecular weight is 274 g/mol. The second kappa shape index (κ2) is 4.53. The Hall–Kier alpha value is -1.55. The molecule has 0 spiro atoms. The molecule has 1 fully saturated rings. The summed E-state index contributed by atoms with van der Waals surface area (Å²) in [4.78, 5) is 15.3. The van der Waals surface area contributed by atoms with Gasteiger partial charge in [-0.2, -0.15) is 0 Å². The molecule has 0 saturated carbocycles. The van der Waals surface area contributed by atoms with Crippen molar-refractivity contribution in [2.75, 3.05) is 12.3 Å². The number of likely N-dealkylation sites (tertiary alicyclic amines) is 1. The number of amides is 1. The van der Waals surface area contributed by atoms with Crippen LogP contribution in [0.15, 0.2) is 24.3 Å². The molecule has 2 unspecified atom stereocenters. The van der Waals surface area contributed by atoms with Gasteiger partial charge in [-0.05, 0) is 25.3 Å². The van der Waals surface area contributed by atoms with E-state index in [0.717, 1.165) is 23.1 Å². The number of carbonyl (C=O) groups is 1. The summed E-state index contributed by atoms with van der Waals surface area (Å²) in [5.74, 6) is 0.671. The lowest BCUT2D eigenvalue weighted by molar-refractivity contribution is 0.0749. The van der Waals surface area contributed by atoms with Crippen LogP contribution in [0.3, 0.4) is 0 Å². The highest BCUT2D eigenvalue weighted by atomic mass is 32.1. The van der Waals surface area contributed by atoms with Gasteiger partial charge >= 0.3 is 0 Å². The molecule has 1 aromatic heterocycles. The van der Waals surface area contributed by atoms with Crippen molar-refractivity contribution in [1.82, 2.24) is 4.90 Å². The highest BCUT2D eigenvalue weighted by Gasteiger charge is 2.32. The fraction of sp³-hybridized carbons (Fsp3) is 0.400. The number of rotatable bonds is 1. The summed E-state index contributed by atoms with van der Waals surface area (Å²) in [5, 5.41) is 0.996. The smallest absolute Gasteiger partial charge is 0.266 e. The van der Waals surface area contributed by atoms with E-state index in [9.17, 15) is 4.79 Å². The van der Waals surface area contributed by atoms with Crippen LogP contribution in [0.1, 0.15) is 29.9 Å². The molecule has 1 amide bonds. The number of nitrogens with two attached hydrogens (primary N) is 1. The van der Waals surface area contributed by atoms with Crippen molar-refractivity contribution in [2.24, 2.45) is 5.92 Å². The number of nitrogens with zero attached hydrogens (tertiary/aromatic N) is 1. The van der Waals surface area contributed by atoms with Crippen molar-refractivity contribution in [3.63, 3.8) is 0 Å². The standard InChI is InChI=1S/C15H18N2OS/c1-9-7-10(2)17(8-9)15(18)14-13(16)11-5-3-4-6-12(11)19-14/h3-6,9-10H,7-8,16H2,1-2H3. The third kappa shape index (κ3) is 2.00. The van der Waals surface area contributed by atoms with E-state index < -0.39 is 0 Å². The van der Waals surface area contributed by atoms with E-state index in [1.54, 1.807) is 0 Å². The van der Waals surface area contributed by atoms with E-state index in [-0.39, 0.29) is 5.91 Å². The zero-order valence-corrected chi connectivity index (χ0v) is 12.0. The van der Waals surface area contributed by atoms with Crippen molar-refractivity contribution in [2.45, 2.75) is 26.3 Å². The van der Waals surface area contributed by atoms with Gasteiger partial charge in [0.05, 0.1) is 5.69 Å². The van der Waals surface area contributed by atoms with Gasteiger partial charge in [0, 0.05) is 22.7 Å². The molecule has 0 aliphatic carbocycles. The topological polar surface area (TPSA) is 46.3 Å². The molecule has 3 nitrogen and oxygen atoms in total. The molecule has 0 radical (unpaired) electrons. The third-order valence-electron chi connectivity index (χ3n) is 3.87. The Bertz CT molecular complexity index is 634. The van der Waals surface area contributed by atoms with Crippen molar-refractivity contribution in [3.8, 4) is 0 Å². The van der Waals surface area contributed by atoms with Crippen molar-refractivity contribution in [1.29, 1.82) is 0 Å². The number of thiophene rings is 1. The molecule has 19 heavy (non-hydrogen) atoms.